The maximum atomic E-state index is 9.66. The van der Waals surface area contributed by atoms with Crippen LogP contribution in [-0.2, 0) is 21.7 Å². The van der Waals surface area contributed by atoms with Gasteiger partial charge in [0.05, 0.1) is 28.4 Å². The molecule has 2 aromatic rings. The molecule has 0 radical (unpaired) electrons. The van der Waals surface area contributed by atoms with Crippen LogP contribution in [0, 0.1) is 12.8 Å². The molecular weight excluding hydrogens is 464 g/mol. The summed E-state index contributed by atoms with van der Waals surface area (Å²) >= 11 is 0. The van der Waals surface area contributed by atoms with Crippen LogP contribution in [0.25, 0.3) is 0 Å². The average molecular weight is 494 g/mol. The summed E-state index contributed by atoms with van der Waals surface area (Å²) in [6.07, 6.45) is 2.53. The number of ketones is 4. The fraction of sp³-hybridized carbons (Fsp3) is 0.250. The molecule has 0 aliphatic heterocycles. The zero-order valence-corrected chi connectivity index (χ0v) is 21.1. The van der Waals surface area contributed by atoms with Gasteiger partial charge in [0.25, 0.3) is 0 Å². The molecule has 176 valence electrons. The zero-order chi connectivity index (χ0) is 24.3. The molecule has 0 aromatic heterocycles. The van der Waals surface area contributed by atoms with Crippen molar-refractivity contribution in [2.75, 3.05) is 28.4 Å². The molecule has 0 heterocycles. The summed E-state index contributed by atoms with van der Waals surface area (Å²) in [5, 5.41) is 0. The Morgan fingerprint density at radius 1 is 0.576 bits per heavy atom. The fourth-order valence-corrected chi connectivity index (χ4v) is 2.55. The summed E-state index contributed by atoms with van der Waals surface area (Å²) in [5.41, 5.74) is 1.09. The van der Waals surface area contributed by atoms with Gasteiger partial charge < -0.3 is 28.5 Å². The molecule has 2 rings (SSSR count). The maximum absolute atomic E-state index is 9.66. The third-order valence-corrected chi connectivity index (χ3v) is 4.05. The summed E-state index contributed by atoms with van der Waals surface area (Å²) in [4.78, 5) is 37.4. The van der Waals surface area contributed by atoms with Gasteiger partial charge in [0, 0.05) is 35.6 Å². The SMILES string of the molecule is COc1ccc(C(=[OH+])[CH-]C(C)=[OH+])cc1OC.COc1ccc(C(=[OH+])[CH-]C(C)=[OH+])cc1OC.[Ti]. The van der Waals surface area contributed by atoms with Crippen molar-refractivity contribution in [1.82, 2.24) is 0 Å². The summed E-state index contributed by atoms with van der Waals surface area (Å²) in [5.74, 6) is 2.24. The van der Waals surface area contributed by atoms with E-state index in [1.165, 1.54) is 40.9 Å². The van der Waals surface area contributed by atoms with Crippen LogP contribution in [0.3, 0.4) is 0 Å². The standard InChI is InChI=1S/2C12H13O4.Ti/c2*1-8(13)6-10(14)9-4-5-11(15-2)12(7-9)16-3;/h2*4-7H,1-3H3;/q2*-1;/p+4. The molecule has 0 saturated carbocycles. The van der Waals surface area contributed by atoms with Crippen LogP contribution in [0.15, 0.2) is 36.4 Å². The molecule has 8 nitrogen and oxygen atoms in total. The van der Waals surface area contributed by atoms with Crippen molar-refractivity contribution in [2.45, 2.75) is 13.8 Å². The van der Waals surface area contributed by atoms with Crippen LogP contribution in [0.1, 0.15) is 25.0 Å². The molecule has 0 saturated heterocycles. The van der Waals surface area contributed by atoms with E-state index < -0.39 is 0 Å². The average Bonchev–Trinajstić information content (AvgIpc) is 2.77. The van der Waals surface area contributed by atoms with Crippen molar-refractivity contribution in [1.29, 1.82) is 0 Å². The first kappa shape index (κ1) is 29.8. The Bertz CT molecular complexity index is 905. The van der Waals surface area contributed by atoms with E-state index in [1.807, 2.05) is 0 Å². The molecule has 0 unspecified atom stereocenters. The minimum atomic E-state index is -0.0269. The van der Waals surface area contributed by atoms with Gasteiger partial charge in [0.1, 0.15) is 11.5 Å². The van der Waals surface area contributed by atoms with Gasteiger partial charge in [-0.1, -0.05) is 23.3 Å². The molecule has 0 fully saturated rings. The second kappa shape index (κ2) is 14.8. The van der Waals surface area contributed by atoms with Crippen LogP contribution in [0.5, 0.6) is 23.0 Å². The van der Waals surface area contributed by atoms with Crippen LogP contribution in [0.4, 0.5) is 0 Å². The van der Waals surface area contributed by atoms with Crippen molar-refractivity contribution in [2.24, 2.45) is 0 Å². The van der Waals surface area contributed by atoms with Gasteiger partial charge in [0.2, 0.25) is 23.1 Å². The van der Waals surface area contributed by atoms with E-state index in [0.29, 0.717) is 34.1 Å². The predicted molar refractivity (Wildman–Crippen MR) is 125 cm³/mol. The molecule has 0 amide bonds. The number of benzene rings is 2. The molecule has 0 aliphatic carbocycles. The molecule has 0 aliphatic rings. The Kier molecular flexibility index (Phi) is 13.3. The van der Waals surface area contributed by atoms with E-state index in [2.05, 4.69) is 0 Å². The first-order chi connectivity index (χ1) is 15.2. The van der Waals surface area contributed by atoms with Crippen LogP contribution in [0.2, 0.25) is 0 Å². The topological polar surface area (TPSA) is 123 Å². The number of carbonyl (C=O) groups excluding carboxylic acids is 4. The van der Waals surface area contributed by atoms with Gasteiger partial charge in [-0.3, -0.25) is 9.59 Å². The van der Waals surface area contributed by atoms with Gasteiger partial charge in [-0.05, 0) is 25.0 Å². The molecule has 4 N–H and O–H groups in total. The third kappa shape index (κ3) is 9.43. The quantitative estimate of drug-likeness (QED) is 0.166. The van der Waals surface area contributed by atoms with Crippen LogP contribution < -0.4 is 18.9 Å². The predicted octanol–water partition coefficient (Wildman–Crippen LogP) is 2.73. The Morgan fingerprint density at radius 2 is 0.879 bits per heavy atom. The molecule has 2 aromatic carbocycles. The largest absolute Gasteiger partial charge is 0.494 e. The monoisotopic (exact) mass is 494 g/mol. The van der Waals surface area contributed by atoms with E-state index >= 15 is 0 Å². The molecular formula is C24H30O8Ti+2. The van der Waals surface area contributed by atoms with Crippen molar-refractivity contribution in [3.05, 3.63) is 60.4 Å². The van der Waals surface area contributed by atoms with E-state index in [0.717, 1.165) is 0 Å². The first-order valence-corrected chi connectivity index (χ1v) is 9.47. The van der Waals surface area contributed by atoms with E-state index in [-0.39, 0.29) is 44.9 Å². The van der Waals surface area contributed by atoms with Crippen molar-refractivity contribution < 1.29 is 59.8 Å². The van der Waals surface area contributed by atoms with Gasteiger partial charge in [0.15, 0.2) is 11.5 Å². The molecule has 9 heteroatoms. The van der Waals surface area contributed by atoms with Crippen molar-refractivity contribution in [3.63, 3.8) is 0 Å². The van der Waals surface area contributed by atoms with Crippen LogP contribution in [-0.4, -0.2) is 70.8 Å². The summed E-state index contributed by atoms with van der Waals surface area (Å²) in [6.45, 7) is 2.97. The smallest absolute Gasteiger partial charge is 0.247 e. The first-order valence-electron chi connectivity index (χ1n) is 9.47. The molecule has 0 atom stereocenters. The Morgan fingerprint density at radius 3 is 1.12 bits per heavy atom. The minimum Gasteiger partial charge on any atom is -0.494 e. The Hall–Kier alpha value is -3.23. The molecule has 0 spiro atoms. The van der Waals surface area contributed by atoms with Gasteiger partial charge in [-0.2, -0.15) is 0 Å². The third-order valence-electron chi connectivity index (χ3n) is 4.05. The number of ether oxygens (including phenoxy) is 4. The number of methoxy groups -OCH3 is 4. The van der Waals surface area contributed by atoms with Crippen molar-refractivity contribution >= 4 is 23.1 Å². The van der Waals surface area contributed by atoms with Gasteiger partial charge >= 0.3 is 0 Å². The summed E-state index contributed by atoms with van der Waals surface area (Å²) in [7, 11) is 6.12. The van der Waals surface area contributed by atoms with Gasteiger partial charge in [-0.15, -0.1) is 12.1 Å². The van der Waals surface area contributed by atoms with E-state index in [4.69, 9.17) is 28.5 Å². The van der Waals surface area contributed by atoms with Crippen LogP contribution >= 0.6 is 0 Å². The molecule has 33 heavy (non-hydrogen) atoms. The van der Waals surface area contributed by atoms with Gasteiger partial charge in [-0.25, -0.2) is 0 Å². The second-order valence-electron chi connectivity index (χ2n) is 6.48. The molecule has 0 bridgehead atoms. The summed E-state index contributed by atoms with van der Waals surface area (Å²) in [6, 6.07) is 9.99. The summed E-state index contributed by atoms with van der Waals surface area (Å²) < 4.78 is 20.3. The fourth-order valence-electron chi connectivity index (χ4n) is 2.55. The second-order valence-corrected chi connectivity index (χ2v) is 6.48. The number of hydrogen-bond acceptors (Lipinski definition) is 4. The Labute approximate surface area is 208 Å². The number of hydrogen-bond donors (Lipinski definition) is 0. The maximum Gasteiger partial charge on any atom is 0.247 e. The normalized spacial score (nSPS) is 9.15. The van der Waals surface area contributed by atoms with Crippen molar-refractivity contribution in [3.8, 4) is 23.0 Å². The number of rotatable bonds is 10. The van der Waals surface area contributed by atoms with E-state index in [1.54, 1.807) is 50.6 Å². The minimum absolute atomic E-state index is 0. The van der Waals surface area contributed by atoms with E-state index in [9.17, 15) is 9.59 Å². The Balaban J connectivity index is 0.000000602. The zero-order valence-electron chi connectivity index (χ0n) is 19.5.